The van der Waals surface area contributed by atoms with Gasteiger partial charge >= 0.3 is 5.97 Å². The van der Waals surface area contributed by atoms with Crippen molar-refractivity contribution in [2.75, 3.05) is 0 Å². The minimum atomic E-state index is -0.994. The second-order valence-corrected chi connectivity index (χ2v) is 5.57. The van der Waals surface area contributed by atoms with Crippen molar-refractivity contribution in [3.05, 3.63) is 53.3 Å². The van der Waals surface area contributed by atoms with E-state index in [4.69, 9.17) is 5.11 Å². The van der Waals surface area contributed by atoms with Crippen LogP contribution in [0.3, 0.4) is 0 Å². The fraction of sp³-hybridized carbons (Fsp3) is 0.353. The van der Waals surface area contributed by atoms with Gasteiger partial charge in [-0.15, -0.1) is 0 Å². The summed E-state index contributed by atoms with van der Waals surface area (Å²) in [6, 6.07) is 7.12. The van der Waals surface area contributed by atoms with Crippen molar-refractivity contribution in [3.63, 3.8) is 0 Å². The van der Waals surface area contributed by atoms with Crippen molar-refractivity contribution in [1.82, 2.24) is 15.1 Å². The number of carbonyl (C=O) groups is 2. The zero-order valence-electron chi connectivity index (χ0n) is 13.5. The zero-order chi connectivity index (χ0) is 17.0. The van der Waals surface area contributed by atoms with Gasteiger partial charge in [0.2, 0.25) is 0 Å². The van der Waals surface area contributed by atoms with Crippen LogP contribution in [-0.4, -0.2) is 26.8 Å². The molecule has 0 aliphatic rings. The van der Waals surface area contributed by atoms with Gasteiger partial charge in [0.05, 0.1) is 17.8 Å². The lowest BCUT2D eigenvalue weighted by Crippen LogP contribution is -2.28. The Morgan fingerprint density at radius 1 is 1.30 bits per heavy atom. The molecule has 0 aliphatic carbocycles. The highest BCUT2D eigenvalue weighted by atomic mass is 16.4. The van der Waals surface area contributed by atoms with Gasteiger partial charge in [0, 0.05) is 6.20 Å². The van der Waals surface area contributed by atoms with Crippen molar-refractivity contribution in [3.8, 4) is 0 Å². The van der Waals surface area contributed by atoms with Crippen LogP contribution in [0.4, 0.5) is 0 Å². The number of nitrogens with one attached hydrogen (secondary N) is 1. The third kappa shape index (κ3) is 3.97. The molecule has 2 N–H and O–H groups in total. The van der Waals surface area contributed by atoms with Crippen molar-refractivity contribution in [1.29, 1.82) is 0 Å². The van der Waals surface area contributed by atoms with Crippen LogP contribution >= 0.6 is 0 Å². The van der Waals surface area contributed by atoms with Crippen LogP contribution in [0.15, 0.2) is 36.7 Å². The van der Waals surface area contributed by atoms with Gasteiger partial charge in [-0.3, -0.25) is 9.48 Å². The molecule has 0 bridgehead atoms. The number of benzene rings is 1. The molecule has 2 aromatic rings. The summed E-state index contributed by atoms with van der Waals surface area (Å²) in [6.45, 7) is 5.53. The summed E-state index contributed by atoms with van der Waals surface area (Å²) in [5.41, 5.74) is 2.56. The van der Waals surface area contributed by atoms with Gasteiger partial charge < -0.3 is 10.4 Å². The van der Waals surface area contributed by atoms with Gasteiger partial charge in [-0.25, -0.2) is 4.79 Å². The Morgan fingerprint density at radius 3 is 2.52 bits per heavy atom. The lowest BCUT2D eigenvalue weighted by Gasteiger charge is -2.17. The first-order valence-electron chi connectivity index (χ1n) is 7.56. The van der Waals surface area contributed by atoms with Crippen molar-refractivity contribution in [2.24, 2.45) is 0 Å². The number of hydrogen-bond acceptors (Lipinski definition) is 3. The van der Waals surface area contributed by atoms with Crippen LogP contribution in [-0.2, 0) is 4.79 Å². The highest BCUT2D eigenvalue weighted by Crippen LogP contribution is 2.18. The summed E-state index contributed by atoms with van der Waals surface area (Å²) < 4.78 is 1.27. The number of nitrogens with zero attached hydrogens (tertiary/aromatic N) is 2. The normalized spacial score (nSPS) is 13.3. The summed E-state index contributed by atoms with van der Waals surface area (Å²) in [5, 5.41) is 15.9. The molecule has 1 heterocycles. The van der Waals surface area contributed by atoms with E-state index >= 15 is 0 Å². The molecule has 23 heavy (non-hydrogen) atoms. The van der Waals surface area contributed by atoms with E-state index in [2.05, 4.69) is 10.4 Å². The molecule has 2 atom stereocenters. The highest BCUT2D eigenvalue weighted by molar-refractivity contribution is 5.94. The lowest BCUT2D eigenvalue weighted by molar-refractivity contribution is -0.140. The second-order valence-electron chi connectivity index (χ2n) is 5.57. The number of aliphatic carboxylic acids is 1. The first kappa shape index (κ1) is 16.7. The molecule has 0 saturated carbocycles. The van der Waals surface area contributed by atoms with Crippen LogP contribution in [0, 0.1) is 6.92 Å². The molecule has 2 rings (SSSR count). The molecule has 0 aliphatic heterocycles. The van der Waals surface area contributed by atoms with Gasteiger partial charge in [0.1, 0.15) is 6.04 Å². The molecule has 2 unspecified atom stereocenters. The van der Waals surface area contributed by atoms with E-state index in [1.165, 1.54) is 29.6 Å². The van der Waals surface area contributed by atoms with Gasteiger partial charge in [0.25, 0.3) is 5.91 Å². The van der Waals surface area contributed by atoms with E-state index in [9.17, 15) is 9.59 Å². The van der Waals surface area contributed by atoms with E-state index in [1.54, 1.807) is 0 Å². The van der Waals surface area contributed by atoms with Crippen LogP contribution in [0.25, 0.3) is 0 Å². The van der Waals surface area contributed by atoms with Gasteiger partial charge in [-0.2, -0.15) is 5.10 Å². The number of carbonyl (C=O) groups excluding carboxylic acids is 1. The predicted molar refractivity (Wildman–Crippen MR) is 86.3 cm³/mol. The summed E-state index contributed by atoms with van der Waals surface area (Å²) in [7, 11) is 0. The van der Waals surface area contributed by atoms with Crippen molar-refractivity contribution in [2.45, 2.75) is 39.3 Å². The molecule has 1 aromatic carbocycles. The van der Waals surface area contributed by atoms with Crippen molar-refractivity contribution >= 4 is 11.9 Å². The van der Waals surface area contributed by atoms with E-state index in [0.717, 1.165) is 12.0 Å². The first-order chi connectivity index (χ1) is 10.9. The molecule has 0 spiro atoms. The SMILES string of the molecule is CCC(NC(=O)c1cnn(C(C)C(=O)O)c1)c1ccc(C)cc1. The van der Waals surface area contributed by atoms with E-state index < -0.39 is 12.0 Å². The maximum absolute atomic E-state index is 12.3. The molecule has 0 fully saturated rings. The van der Waals surface area contributed by atoms with E-state index in [0.29, 0.717) is 5.56 Å². The third-order valence-corrected chi connectivity index (χ3v) is 3.81. The molecule has 1 amide bonds. The highest BCUT2D eigenvalue weighted by Gasteiger charge is 2.18. The number of aryl methyl sites for hydroxylation is 1. The number of rotatable bonds is 6. The Kier molecular flexibility index (Phi) is 5.16. The van der Waals surface area contributed by atoms with Crippen LogP contribution in [0.1, 0.15) is 53.8 Å². The molecule has 122 valence electrons. The Labute approximate surface area is 135 Å². The zero-order valence-corrected chi connectivity index (χ0v) is 13.5. The Balaban J connectivity index is 2.11. The second kappa shape index (κ2) is 7.09. The minimum absolute atomic E-state index is 0.0941. The number of amides is 1. The topological polar surface area (TPSA) is 84.2 Å². The average molecular weight is 315 g/mol. The van der Waals surface area contributed by atoms with Crippen LogP contribution in [0.2, 0.25) is 0 Å². The molecule has 6 nitrogen and oxygen atoms in total. The molecular weight excluding hydrogens is 294 g/mol. The minimum Gasteiger partial charge on any atom is -0.480 e. The fourth-order valence-electron chi connectivity index (χ4n) is 2.24. The Bertz CT molecular complexity index is 691. The molecule has 0 radical (unpaired) electrons. The smallest absolute Gasteiger partial charge is 0.328 e. The number of carboxylic acids is 1. The average Bonchev–Trinajstić information content (AvgIpc) is 3.02. The standard InChI is InChI=1S/C17H21N3O3/c1-4-15(13-7-5-11(2)6-8-13)19-16(21)14-9-18-20(10-14)12(3)17(22)23/h5-10,12,15H,4H2,1-3H3,(H,19,21)(H,22,23). The van der Waals surface area contributed by atoms with Gasteiger partial charge in [-0.05, 0) is 25.8 Å². The monoisotopic (exact) mass is 315 g/mol. The van der Waals surface area contributed by atoms with Crippen molar-refractivity contribution < 1.29 is 14.7 Å². The summed E-state index contributed by atoms with van der Waals surface area (Å²) in [5.74, 6) is -1.26. The molecule has 6 heteroatoms. The summed E-state index contributed by atoms with van der Waals surface area (Å²) in [6.07, 6.45) is 3.60. The predicted octanol–water partition coefficient (Wildman–Crippen LogP) is 2.72. The van der Waals surface area contributed by atoms with Gasteiger partial charge in [-0.1, -0.05) is 36.8 Å². The number of aromatic nitrogens is 2. The quantitative estimate of drug-likeness (QED) is 0.858. The summed E-state index contributed by atoms with van der Waals surface area (Å²) in [4.78, 5) is 23.3. The maximum Gasteiger partial charge on any atom is 0.328 e. The first-order valence-corrected chi connectivity index (χ1v) is 7.56. The Morgan fingerprint density at radius 2 is 1.96 bits per heavy atom. The van der Waals surface area contributed by atoms with E-state index in [1.807, 2.05) is 38.1 Å². The maximum atomic E-state index is 12.3. The van der Waals surface area contributed by atoms with Crippen LogP contribution < -0.4 is 5.32 Å². The molecular formula is C17H21N3O3. The number of hydrogen-bond donors (Lipinski definition) is 2. The molecule has 1 aromatic heterocycles. The molecule has 0 saturated heterocycles. The lowest BCUT2D eigenvalue weighted by atomic mass is 10.0. The number of carboxylic acid groups (broad SMARTS) is 1. The van der Waals surface area contributed by atoms with E-state index in [-0.39, 0.29) is 11.9 Å². The van der Waals surface area contributed by atoms with Gasteiger partial charge in [0.15, 0.2) is 0 Å². The largest absolute Gasteiger partial charge is 0.480 e. The summed E-state index contributed by atoms with van der Waals surface area (Å²) >= 11 is 0. The Hall–Kier alpha value is -2.63. The van der Waals surface area contributed by atoms with Crippen LogP contribution in [0.5, 0.6) is 0 Å². The fourth-order valence-corrected chi connectivity index (χ4v) is 2.24. The third-order valence-electron chi connectivity index (χ3n) is 3.81.